The van der Waals surface area contributed by atoms with Gasteiger partial charge in [-0.25, -0.2) is 0 Å². The van der Waals surface area contributed by atoms with Gasteiger partial charge >= 0.3 is 39.9 Å². The molecular weight excluding hydrogens is 330 g/mol. The van der Waals surface area contributed by atoms with E-state index >= 15 is 0 Å². The van der Waals surface area contributed by atoms with Crippen LogP contribution in [0.15, 0.2) is 29.3 Å². The van der Waals surface area contributed by atoms with Gasteiger partial charge in [0.1, 0.15) is 12.3 Å². The Hall–Kier alpha value is -2.09. The molecule has 0 N–H and O–H groups in total. The van der Waals surface area contributed by atoms with E-state index in [4.69, 9.17) is 18.7 Å². The first-order chi connectivity index (χ1) is 10.3. The van der Waals surface area contributed by atoms with E-state index in [2.05, 4.69) is 29.7 Å². The van der Waals surface area contributed by atoms with Crippen LogP contribution in [0.25, 0.3) is 0 Å². The third-order valence-electron chi connectivity index (χ3n) is 1.82. The van der Waals surface area contributed by atoms with Crippen LogP contribution in [-0.4, -0.2) is 32.9 Å². The standard InChI is InChI=1S/C11H13NO3.3CO.Cr/c1-14-10-6-4-3-5-9(10)7-12-8-11(13)15-2;3*1-2;/h3-7H,8H2,1-2H3;;;;. The maximum absolute atomic E-state index is 10.8. The number of benzene rings is 1. The molecule has 0 saturated carbocycles. The number of carbonyl (C=O) groups is 1. The van der Waals surface area contributed by atoms with E-state index < -0.39 is 0 Å². The molecule has 0 aromatic heterocycles. The van der Waals surface area contributed by atoms with Crippen molar-refractivity contribution in [1.29, 1.82) is 0 Å². The number of hydrogen-bond acceptors (Lipinski definition) is 4. The Bertz CT molecular complexity index is 467. The van der Waals surface area contributed by atoms with Crippen LogP contribution in [0.5, 0.6) is 5.75 Å². The van der Waals surface area contributed by atoms with Crippen LogP contribution in [0.2, 0.25) is 0 Å². The molecule has 0 fully saturated rings. The molecule has 7 nitrogen and oxygen atoms in total. The van der Waals surface area contributed by atoms with E-state index in [1.807, 2.05) is 24.3 Å². The van der Waals surface area contributed by atoms with Crippen molar-refractivity contribution in [2.75, 3.05) is 20.8 Å². The summed E-state index contributed by atoms with van der Waals surface area (Å²) >= 11 is 0. The second-order valence-corrected chi connectivity index (χ2v) is 2.79. The van der Waals surface area contributed by atoms with Gasteiger partial charge in [0.25, 0.3) is 0 Å². The number of ether oxygens (including phenoxy) is 2. The van der Waals surface area contributed by atoms with Crippen LogP contribution in [0, 0.1) is 20.0 Å². The van der Waals surface area contributed by atoms with Gasteiger partial charge < -0.3 is 9.47 Å². The smallest absolute Gasteiger partial charge is 0 e. The van der Waals surface area contributed by atoms with E-state index in [1.165, 1.54) is 7.11 Å². The molecule has 0 spiro atoms. The molecule has 1 rings (SSSR count). The van der Waals surface area contributed by atoms with Gasteiger partial charge in [-0.05, 0) is 12.1 Å². The molecule has 0 amide bonds. The summed E-state index contributed by atoms with van der Waals surface area (Å²) in [7, 11) is 2.92. The van der Waals surface area contributed by atoms with Crippen LogP contribution >= 0.6 is 0 Å². The summed E-state index contributed by atoms with van der Waals surface area (Å²) in [6.07, 6.45) is 1.59. The minimum atomic E-state index is -0.360. The summed E-state index contributed by atoms with van der Waals surface area (Å²) < 4.78 is 32.1. The molecule has 8 heteroatoms. The summed E-state index contributed by atoms with van der Waals surface area (Å²) in [6, 6.07) is 7.44. The normalized spacial score (nSPS) is 7.27. The first-order valence-corrected chi connectivity index (χ1v) is 5.09. The molecule has 0 radical (unpaired) electrons. The number of aliphatic imine (C=N–C) groups is 1. The SMILES string of the molecule is COC(=O)CN=Cc1ccccc1OC.[C-]#[O+].[C-]#[O+].[C-]#[O+].[Cr]. The van der Waals surface area contributed by atoms with Crippen LogP contribution in [-0.2, 0) is 40.8 Å². The predicted molar refractivity (Wildman–Crippen MR) is 69.3 cm³/mol. The molecule has 0 aliphatic carbocycles. The van der Waals surface area contributed by atoms with E-state index in [0.717, 1.165) is 11.3 Å². The summed E-state index contributed by atoms with van der Waals surface area (Å²) in [5.74, 6) is 0.368. The maximum Gasteiger partial charge on any atom is 0 e. The summed E-state index contributed by atoms with van der Waals surface area (Å²) in [5.41, 5.74) is 0.837. The number of carbonyl (C=O) groups excluding carboxylic acids is 1. The zero-order valence-corrected chi connectivity index (χ0v) is 13.2. The Morgan fingerprint density at radius 1 is 1.14 bits per heavy atom. The summed E-state index contributed by atoms with van der Waals surface area (Å²) in [4.78, 5) is 14.7. The molecule has 1 aromatic rings. The topological polar surface area (TPSA) is 108 Å². The van der Waals surface area contributed by atoms with Crippen molar-refractivity contribution in [2.24, 2.45) is 4.99 Å². The number of hydrogen-bond donors (Lipinski definition) is 0. The van der Waals surface area contributed by atoms with Crippen molar-refractivity contribution in [3.8, 4) is 5.75 Å². The number of para-hydroxylation sites is 1. The molecule has 116 valence electrons. The average molecular weight is 343 g/mol. The Morgan fingerprint density at radius 2 is 1.64 bits per heavy atom. The van der Waals surface area contributed by atoms with E-state index in [-0.39, 0.29) is 29.9 Å². The van der Waals surface area contributed by atoms with Gasteiger partial charge in [0.2, 0.25) is 0 Å². The van der Waals surface area contributed by atoms with Crippen LogP contribution in [0.3, 0.4) is 0 Å². The van der Waals surface area contributed by atoms with Gasteiger partial charge in [-0.1, -0.05) is 12.1 Å². The quantitative estimate of drug-likeness (QED) is 0.354. The second-order valence-electron chi connectivity index (χ2n) is 2.79. The first-order valence-electron chi connectivity index (χ1n) is 5.09. The third-order valence-corrected chi connectivity index (χ3v) is 1.82. The van der Waals surface area contributed by atoms with Gasteiger partial charge in [-0.3, -0.25) is 9.79 Å². The Labute approximate surface area is 139 Å². The Kier molecular flexibility index (Phi) is 30.6. The monoisotopic (exact) mass is 343 g/mol. The molecule has 0 aliphatic rings. The summed E-state index contributed by atoms with van der Waals surface area (Å²) in [6.45, 7) is 13.5. The molecule has 0 unspecified atom stereocenters. The minimum absolute atomic E-state index is 0. The molecule has 0 heterocycles. The van der Waals surface area contributed by atoms with E-state index in [1.54, 1.807) is 13.3 Å². The zero-order valence-electron chi connectivity index (χ0n) is 11.9. The number of esters is 1. The average Bonchev–Trinajstić information content (AvgIpc) is 2.60. The molecule has 0 bridgehead atoms. The van der Waals surface area contributed by atoms with Crippen molar-refractivity contribution in [1.82, 2.24) is 0 Å². The zero-order chi connectivity index (χ0) is 17.1. The number of nitrogens with zero attached hydrogens (tertiary/aromatic N) is 1. The fourth-order valence-electron chi connectivity index (χ4n) is 1.06. The van der Waals surface area contributed by atoms with Crippen molar-refractivity contribution < 1.29 is 45.6 Å². The maximum atomic E-state index is 10.8. The van der Waals surface area contributed by atoms with E-state index in [9.17, 15) is 4.79 Å². The fraction of sp³-hybridized carbons (Fsp3) is 0.214. The van der Waals surface area contributed by atoms with E-state index in [0.29, 0.717) is 0 Å². The van der Waals surface area contributed by atoms with Gasteiger partial charge in [0.15, 0.2) is 0 Å². The van der Waals surface area contributed by atoms with Crippen molar-refractivity contribution in [2.45, 2.75) is 0 Å². The molecule has 0 saturated heterocycles. The number of methoxy groups -OCH3 is 2. The minimum Gasteiger partial charge on any atom is 0 e. The van der Waals surface area contributed by atoms with Crippen LogP contribution in [0.4, 0.5) is 0 Å². The van der Waals surface area contributed by atoms with Crippen molar-refractivity contribution in [3.05, 3.63) is 49.8 Å². The van der Waals surface area contributed by atoms with Gasteiger partial charge in [-0.15, -0.1) is 0 Å². The molecule has 0 aliphatic heterocycles. The first kappa shape index (κ1) is 28.1. The van der Waals surface area contributed by atoms with Gasteiger partial charge in [-0.2, -0.15) is 0 Å². The van der Waals surface area contributed by atoms with Crippen molar-refractivity contribution >= 4 is 12.2 Å². The van der Waals surface area contributed by atoms with Gasteiger partial charge in [0, 0.05) is 29.1 Å². The second kappa shape index (κ2) is 24.0. The summed E-state index contributed by atoms with van der Waals surface area (Å²) in [5, 5.41) is 0. The van der Waals surface area contributed by atoms with Gasteiger partial charge in [0.05, 0.1) is 14.2 Å². The fourth-order valence-corrected chi connectivity index (χ4v) is 1.06. The Balaban J connectivity index is -0.000000206. The van der Waals surface area contributed by atoms with Crippen LogP contribution in [0.1, 0.15) is 5.56 Å². The van der Waals surface area contributed by atoms with Crippen LogP contribution < -0.4 is 4.74 Å². The predicted octanol–water partition coefficient (Wildman–Crippen LogP) is 1.17. The molecule has 22 heavy (non-hydrogen) atoms. The largest absolute Gasteiger partial charge is 0 e. The number of rotatable bonds is 4. The molecular formula is C14H13CrNO6. The Morgan fingerprint density at radius 3 is 2.09 bits per heavy atom. The molecule has 1 aromatic carbocycles. The molecule has 0 atom stereocenters. The van der Waals surface area contributed by atoms with Crippen molar-refractivity contribution in [3.63, 3.8) is 0 Å². The third kappa shape index (κ3) is 14.3.